The summed E-state index contributed by atoms with van der Waals surface area (Å²) in [5, 5.41) is 4.34. The molecule has 0 saturated carbocycles. The Balaban J connectivity index is 1.89. The van der Waals surface area contributed by atoms with Crippen molar-refractivity contribution in [1.82, 2.24) is 14.7 Å². The highest BCUT2D eigenvalue weighted by molar-refractivity contribution is 5.95. The number of rotatable bonds is 3. The minimum Gasteiger partial charge on any atom is -0.331 e. The fourth-order valence-corrected chi connectivity index (χ4v) is 3.11. The number of likely N-dealkylation sites (tertiary alicyclic amines) is 1. The topological polar surface area (TPSA) is 38.1 Å². The van der Waals surface area contributed by atoms with Crippen molar-refractivity contribution in [2.45, 2.75) is 39.3 Å². The molecular weight excluding hydrogens is 281 g/mol. The van der Waals surface area contributed by atoms with E-state index >= 15 is 0 Å². The molecule has 1 fully saturated rings. The third-order valence-electron chi connectivity index (χ3n) is 4.25. The molecule has 0 bridgehead atoms. The lowest BCUT2D eigenvalue weighted by Gasteiger charge is -2.25. The van der Waals surface area contributed by atoms with Crippen molar-refractivity contribution >= 4 is 5.91 Å². The van der Waals surface area contributed by atoms with Crippen LogP contribution in [0.15, 0.2) is 30.5 Å². The van der Waals surface area contributed by atoms with E-state index in [4.69, 9.17) is 0 Å². The van der Waals surface area contributed by atoms with Crippen molar-refractivity contribution in [2.75, 3.05) is 6.54 Å². The smallest absolute Gasteiger partial charge is 0.257 e. The van der Waals surface area contributed by atoms with Gasteiger partial charge in [-0.15, -0.1) is 0 Å². The van der Waals surface area contributed by atoms with Gasteiger partial charge >= 0.3 is 0 Å². The minimum atomic E-state index is -0.258. The van der Waals surface area contributed by atoms with Crippen LogP contribution in [0.3, 0.4) is 0 Å². The quantitative estimate of drug-likeness (QED) is 0.872. The van der Waals surface area contributed by atoms with Crippen molar-refractivity contribution in [1.29, 1.82) is 0 Å². The van der Waals surface area contributed by atoms with Gasteiger partial charge in [0.1, 0.15) is 5.82 Å². The molecule has 1 amide bonds. The lowest BCUT2D eigenvalue weighted by Crippen LogP contribution is -2.30. The van der Waals surface area contributed by atoms with Crippen LogP contribution in [0.5, 0.6) is 0 Å². The Kier molecular flexibility index (Phi) is 3.96. The summed E-state index contributed by atoms with van der Waals surface area (Å²) >= 11 is 0. The summed E-state index contributed by atoms with van der Waals surface area (Å²) in [5.74, 6) is -0.268. The number of carbonyl (C=O) groups excluding carboxylic acids is 1. The maximum Gasteiger partial charge on any atom is 0.257 e. The third-order valence-corrected chi connectivity index (χ3v) is 4.25. The Morgan fingerprint density at radius 3 is 2.95 bits per heavy atom. The molecular formula is C17H20FN3O. The van der Waals surface area contributed by atoms with Crippen LogP contribution >= 0.6 is 0 Å². The molecule has 4 nitrogen and oxygen atoms in total. The first-order valence-corrected chi connectivity index (χ1v) is 7.70. The van der Waals surface area contributed by atoms with E-state index in [0.717, 1.165) is 30.6 Å². The Bertz CT molecular complexity index is 695. The fourth-order valence-electron chi connectivity index (χ4n) is 3.11. The standard InChI is InChI=1S/C17H20FN3O/c1-3-20-11-15(12(2)19-20)17(22)21-9-5-8-16(21)13-6-4-7-14(18)10-13/h4,6-7,10-11,16H,3,5,8-9H2,1-2H3. The number of amides is 1. The van der Waals surface area contributed by atoms with E-state index in [1.54, 1.807) is 16.9 Å². The first kappa shape index (κ1) is 14.8. The molecule has 0 aliphatic carbocycles. The first-order valence-electron chi connectivity index (χ1n) is 7.70. The third kappa shape index (κ3) is 2.63. The number of aromatic nitrogens is 2. The van der Waals surface area contributed by atoms with Crippen molar-refractivity contribution in [2.24, 2.45) is 0 Å². The highest BCUT2D eigenvalue weighted by atomic mass is 19.1. The predicted octanol–water partition coefficient (Wildman–Crippen LogP) is 3.33. The van der Waals surface area contributed by atoms with Gasteiger partial charge in [0, 0.05) is 19.3 Å². The fraction of sp³-hybridized carbons (Fsp3) is 0.412. The number of aryl methyl sites for hydroxylation is 2. The molecule has 1 aromatic heterocycles. The van der Waals surface area contributed by atoms with E-state index < -0.39 is 0 Å². The number of hydrogen-bond acceptors (Lipinski definition) is 2. The van der Waals surface area contributed by atoms with Gasteiger partial charge in [0.15, 0.2) is 0 Å². The monoisotopic (exact) mass is 301 g/mol. The summed E-state index contributed by atoms with van der Waals surface area (Å²) in [6.45, 7) is 5.29. The molecule has 3 rings (SSSR count). The molecule has 1 aliphatic rings. The number of halogens is 1. The number of benzene rings is 1. The lowest BCUT2D eigenvalue weighted by atomic mass is 10.0. The van der Waals surface area contributed by atoms with Gasteiger partial charge in [0.25, 0.3) is 5.91 Å². The molecule has 0 N–H and O–H groups in total. The largest absolute Gasteiger partial charge is 0.331 e. The van der Waals surface area contributed by atoms with E-state index in [-0.39, 0.29) is 17.8 Å². The average Bonchev–Trinajstić information content (AvgIpc) is 3.13. The van der Waals surface area contributed by atoms with Crippen LogP contribution in [0, 0.1) is 12.7 Å². The Labute approximate surface area is 129 Å². The first-order chi connectivity index (χ1) is 10.6. The van der Waals surface area contributed by atoms with Crippen LogP contribution in [0.4, 0.5) is 4.39 Å². The van der Waals surface area contributed by atoms with Crippen LogP contribution in [-0.4, -0.2) is 27.1 Å². The second kappa shape index (κ2) is 5.91. The Hall–Kier alpha value is -2.17. The van der Waals surface area contributed by atoms with E-state index in [9.17, 15) is 9.18 Å². The van der Waals surface area contributed by atoms with Crippen molar-refractivity contribution in [3.63, 3.8) is 0 Å². The molecule has 0 spiro atoms. The molecule has 1 aromatic carbocycles. The highest BCUT2D eigenvalue weighted by Crippen LogP contribution is 2.33. The van der Waals surface area contributed by atoms with Gasteiger partial charge in [0.2, 0.25) is 0 Å². The molecule has 22 heavy (non-hydrogen) atoms. The van der Waals surface area contributed by atoms with Gasteiger partial charge in [-0.25, -0.2) is 4.39 Å². The number of nitrogens with zero attached hydrogens (tertiary/aromatic N) is 3. The van der Waals surface area contributed by atoms with Crippen molar-refractivity contribution < 1.29 is 9.18 Å². The van der Waals surface area contributed by atoms with E-state index in [0.29, 0.717) is 12.1 Å². The second-order valence-corrected chi connectivity index (χ2v) is 5.70. The molecule has 116 valence electrons. The van der Waals surface area contributed by atoms with Crippen LogP contribution < -0.4 is 0 Å². The van der Waals surface area contributed by atoms with Crippen molar-refractivity contribution in [3.05, 3.63) is 53.1 Å². The zero-order chi connectivity index (χ0) is 15.7. The number of carbonyl (C=O) groups is 1. The normalized spacial score (nSPS) is 18.0. The maximum atomic E-state index is 13.5. The van der Waals surface area contributed by atoms with E-state index in [1.165, 1.54) is 12.1 Å². The highest BCUT2D eigenvalue weighted by Gasteiger charge is 2.32. The summed E-state index contributed by atoms with van der Waals surface area (Å²) in [7, 11) is 0. The summed E-state index contributed by atoms with van der Waals surface area (Å²) in [6, 6.07) is 6.50. The average molecular weight is 301 g/mol. The SMILES string of the molecule is CCn1cc(C(=O)N2CCCC2c2cccc(F)c2)c(C)n1. The molecule has 2 heterocycles. The van der Waals surface area contributed by atoms with Crippen LogP contribution in [0.1, 0.15) is 47.4 Å². The maximum absolute atomic E-state index is 13.5. The minimum absolute atomic E-state index is 0.0102. The van der Waals surface area contributed by atoms with Gasteiger partial charge in [-0.1, -0.05) is 12.1 Å². The molecule has 5 heteroatoms. The Morgan fingerprint density at radius 1 is 1.45 bits per heavy atom. The summed E-state index contributed by atoms with van der Waals surface area (Å²) in [6.07, 6.45) is 3.61. The zero-order valence-corrected chi connectivity index (χ0v) is 12.9. The van der Waals surface area contributed by atoms with E-state index in [1.807, 2.05) is 24.8 Å². The molecule has 0 radical (unpaired) electrons. The molecule has 2 aromatic rings. The summed E-state index contributed by atoms with van der Waals surface area (Å²) in [5.41, 5.74) is 2.26. The van der Waals surface area contributed by atoms with Gasteiger partial charge in [-0.3, -0.25) is 9.48 Å². The number of hydrogen-bond donors (Lipinski definition) is 0. The van der Waals surface area contributed by atoms with Crippen LogP contribution in [-0.2, 0) is 6.54 Å². The Morgan fingerprint density at radius 2 is 2.27 bits per heavy atom. The van der Waals surface area contributed by atoms with Gasteiger partial charge < -0.3 is 4.90 Å². The molecule has 1 unspecified atom stereocenters. The molecule has 1 atom stereocenters. The van der Waals surface area contributed by atoms with Gasteiger partial charge in [0.05, 0.1) is 17.3 Å². The zero-order valence-electron chi connectivity index (χ0n) is 12.9. The van der Waals surface area contributed by atoms with E-state index in [2.05, 4.69) is 5.10 Å². The summed E-state index contributed by atoms with van der Waals surface area (Å²) < 4.78 is 15.2. The second-order valence-electron chi connectivity index (χ2n) is 5.70. The molecule has 1 aliphatic heterocycles. The van der Waals surface area contributed by atoms with Crippen LogP contribution in [0.25, 0.3) is 0 Å². The lowest BCUT2D eigenvalue weighted by molar-refractivity contribution is 0.0734. The van der Waals surface area contributed by atoms with Gasteiger partial charge in [-0.05, 0) is 44.4 Å². The van der Waals surface area contributed by atoms with Crippen LogP contribution in [0.2, 0.25) is 0 Å². The predicted molar refractivity (Wildman–Crippen MR) is 82.0 cm³/mol. The molecule has 1 saturated heterocycles. The van der Waals surface area contributed by atoms with Crippen molar-refractivity contribution in [3.8, 4) is 0 Å². The van der Waals surface area contributed by atoms with Gasteiger partial charge in [-0.2, -0.15) is 5.10 Å². The summed E-state index contributed by atoms with van der Waals surface area (Å²) in [4.78, 5) is 14.7.